The summed E-state index contributed by atoms with van der Waals surface area (Å²) in [7, 11) is 0. The molecule has 3 N–H and O–H groups in total. The summed E-state index contributed by atoms with van der Waals surface area (Å²) in [6.07, 6.45) is 5.23. The molecule has 1 aromatic heterocycles. The normalized spacial score (nSPS) is 11.7. The number of aromatic nitrogens is 2. The van der Waals surface area contributed by atoms with Crippen LogP contribution in [0.4, 0.5) is 5.69 Å². The number of nitrogens with two attached hydrogens (primary N) is 1. The van der Waals surface area contributed by atoms with Gasteiger partial charge in [0.15, 0.2) is 0 Å². The summed E-state index contributed by atoms with van der Waals surface area (Å²) < 4.78 is 1.41. The average Bonchev–Trinajstić information content (AvgIpc) is 2.47. The van der Waals surface area contributed by atoms with Crippen molar-refractivity contribution in [2.45, 2.75) is 58.5 Å². The fraction of sp³-hybridized carbons (Fsp3) is 0.714. The summed E-state index contributed by atoms with van der Waals surface area (Å²) in [5, 5.41) is 7.48. The Kier molecular flexibility index (Phi) is 6.49. The van der Waals surface area contributed by atoms with Crippen molar-refractivity contribution in [2.24, 2.45) is 5.73 Å². The molecule has 0 spiro atoms. The molecule has 0 fully saturated rings. The molecule has 0 aliphatic heterocycles. The first kappa shape index (κ1) is 17.0. The van der Waals surface area contributed by atoms with E-state index >= 15 is 0 Å². The predicted molar refractivity (Wildman–Crippen MR) is 84.4 cm³/mol. The first-order valence-corrected chi connectivity index (χ1v) is 7.63. The molecule has 0 amide bonds. The lowest BCUT2D eigenvalue weighted by Crippen LogP contribution is -2.45. The fourth-order valence-electron chi connectivity index (χ4n) is 1.83. The van der Waals surface area contributed by atoms with Crippen molar-refractivity contribution in [2.75, 3.05) is 11.9 Å². The lowest BCUT2D eigenvalue weighted by molar-refractivity contribution is 0.418. The lowest BCUT2D eigenvalue weighted by atomic mass is 9.94. The third kappa shape index (κ3) is 4.21. The second kappa shape index (κ2) is 7.64. The van der Waals surface area contributed by atoms with Gasteiger partial charge in [0, 0.05) is 18.6 Å². The van der Waals surface area contributed by atoms with E-state index in [-0.39, 0.29) is 16.1 Å². The van der Waals surface area contributed by atoms with Gasteiger partial charge in [-0.1, -0.05) is 38.8 Å². The van der Waals surface area contributed by atoms with Crippen LogP contribution < -0.4 is 16.6 Å². The molecule has 0 saturated heterocycles. The average molecular weight is 301 g/mol. The van der Waals surface area contributed by atoms with E-state index < -0.39 is 0 Å². The van der Waals surface area contributed by atoms with Crippen LogP contribution >= 0.6 is 11.6 Å². The first-order chi connectivity index (χ1) is 9.47. The molecular formula is C14H25ClN4O. The Hall–Kier alpha value is -1.07. The number of hydrogen-bond acceptors (Lipinski definition) is 4. The molecule has 6 heteroatoms. The minimum Gasteiger partial charge on any atom is -0.381 e. The van der Waals surface area contributed by atoms with Crippen LogP contribution in [0.1, 0.15) is 46.5 Å². The Morgan fingerprint density at radius 3 is 2.60 bits per heavy atom. The fourth-order valence-corrected chi connectivity index (χ4v) is 2.04. The summed E-state index contributed by atoms with van der Waals surface area (Å²) in [4.78, 5) is 12.1. The van der Waals surface area contributed by atoms with E-state index in [0.717, 1.165) is 25.7 Å². The van der Waals surface area contributed by atoms with E-state index in [4.69, 9.17) is 17.3 Å². The molecule has 0 radical (unpaired) electrons. The highest BCUT2D eigenvalue weighted by Crippen LogP contribution is 2.18. The summed E-state index contributed by atoms with van der Waals surface area (Å²) in [5.41, 5.74) is 6.23. The summed E-state index contributed by atoms with van der Waals surface area (Å²) in [6, 6.07) is 0. The van der Waals surface area contributed by atoms with Crippen LogP contribution in [0.3, 0.4) is 0 Å². The maximum absolute atomic E-state index is 12.1. The largest absolute Gasteiger partial charge is 0.381 e. The van der Waals surface area contributed by atoms with E-state index in [1.807, 2.05) is 13.8 Å². The number of nitrogens with one attached hydrogen (secondary N) is 1. The Balaban J connectivity index is 2.83. The van der Waals surface area contributed by atoms with Gasteiger partial charge in [0.05, 0.1) is 11.9 Å². The Labute approximate surface area is 125 Å². The van der Waals surface area contributed by atoms with Crippen LogP contribution in [0.5, 0.6) is 0 Å². The van der Waals surface area contributed by atoms with Crippen molar-refractivity contribution in [3.63, 3.8) is 0 Å². The van der Waals surface area contributed by atoms with Gasteiger partial charge in [-0.25, -0.2) is 4.68 Å². The summed E-state index contributed by atoms with van der Waals surface area (Å²) in [5.74, 6) is 0. The van der Waals surface area contributed by atoms with E-state index in [2.05, 4.69) is 17.3 Å². The highest BCUT2D eigenvalue weighted by molar-refractivity contribution is 6.32. The maximum atomic E-state index is 12.1. The zero-order valence-corrected chi connectivity index (χ0v) is 13.3. The maximum Gasteiger partial charge on any atom is 0.287 e. The van der Waals surface area contributed by atoms with Gasteiger partial charge < -0.3 is 11.1 Å². The second-order valence-corrected chi connectivity index (χ2v) is 5.56. The van der Waals surface area contributed by atoms with Crippen molar-refractivity contribution in [1.29, 1.82) is 0 Å². The van der Waals surface area contributed by atoms with Gasteiger partial charge in [-0.3, -0.25) is 4.79 Å². The lowest BCUT2D eigenvalue weighted by Gasteiger charge is -2.27. The number of nitrogens with zero attached hydrogens (tertiary/aromatic N) is 2. The molecule has 1 rings (SSSR count). The van der Waals surface area contributed by atoms with Crippen LogP contribution in [-0.2, 0) is 6.54 Å². The molecule has 0 aromatic carbocycles. The van der Waals surface area contributed by atoms with Crippen LogP contribution in [0.2, 0.25) is 5.02 Å². The molecule has 0 saturated carbocycles. The molecule has 20 heavy (non-hydrogen) atoms. The van der Waals surface area contributed by atoms with E-state index in [0.29, 0.717) is 18.8 Å². The standard InChI is InChI=1S/C14H25ClN4O/c1-4-7-8-19-13(20)12(15)11(9-18-19)17-10-14(16,5-2)6-3/h9,17H,4-8,10,16H2,1-3H3. The van der Waals surface area contributed by atoms with E-state index in [1.54, 1.807) is 6.20 Å². The van der Waals surface area contributed by atoms with Gasteiger partial charge in [0.2, 0.25) is 0 Å². The van der Waals surface area contributed by atoms with Gasteiger partial charge in [-0.05, 0) is 19.3 Å². The molecule has 1 aromatic rings. The molecule has 0 aliphatic rings. The molecule has 0 atom stereocenters. The van der Waals surface area contributed by atoms with Crippen molar-refractivity contribution < 1.29 is 0 Å². The quantitative estimate of drug-likeness (QED) is 0.774. The minimum absolute atomic E-state index is 0.186. The molecule has 0 bridgehead atoms. The molecule has 0 unspecified atom stereocenters. The number of rotatable bonds is 8. The third-order valence-electron chi connectivity index (χ3n) is 3.75. The first-order valence-electron chi connectivity index (χ1n) is 7.25. The van der Waals surface area contributed by atoms with Crippen molar-refractivity contribution in [3.8, 4) is 0 Å². The Morgan fingerprint density at radius 2 is 2.05 bits per heavy atom. The van der Waals surface area contributed by atoms with Gasteiger partial charge in [-0.15, -0.1) is 0 Å². The van der Waals surface area contributed by atoms with Gasteiger partial charge in [0.1, 0.15) is 5.02 Å². The van der Waals surface area contributed by atoms with Crippen molar-refractivity contribution in [3.05, 3.63) is 21.6 Å². The molecule has 0 aliphatic carbocycles. The van der Waals surface area contributed by atoms with Crippen molar-refractivity contribution in [1.82, 2.24) is 9.78 Å². The smallest absolute Gasteiger partial charge is 0.287 e. The van der Waals surface area contributed by atoms with Gasteiger partial charge in [-0.2, -0.15) is 5.10 Å². The third-order valence-corrected chi connectivity index (χ3v) is 4.11. The number of hydrogen-bond donors (Lipinski definition) is 2. The van der Waals surface area contributed by atoms with Gasteiger partial charge >= 0.3 is 0 Å². The van der Waals surface area contributed by atoms with Crippen LogP contribution in [0.15, 0.2) is 11.0 Å². The Morgan fingerprint density at radius 1 is 1.40 bits per heavy atom. The SMILES string of the molecule is CCCCn1ncc(NCC(N)(CC)CC)c(Cl)c1=O. The number of anilines is 1. The number of halogens is 1. The topological polar surface area (TPSA) is 72.9 Å². The highest BCUT2D eigenvalue weighted by Gasteiger charge is 2.20. The van der Waals surface area contributed by atoms with Crippen LogP contribution in [0, 0.1) is 0 Å². The highest BCUT2D eigenvalue weighted by atomic mass is 35.5. The van der Waals surface area contributed by atoms with Gasteiger partial charge in [0.25, 0.3) is 5.56 Å². The van der Waals surface area contributed by atoms with E-state index in [9.17, 15) is 4.79 Å². The zero-order valence-electron chi connectivity index (χ0n) is 12.6. The Bertz CT molecular complexity index is 483. The monoisotopic (exact) mass is 300 g/mol. The molecule has 5 nitrogen and oxygen atoms in total. The molecule has 114 valence electrons. The molecular weight excluding hydrogens is 276 g/mol. The van der Waals surface area contributed by atoms with E-state index in [1.165, 1.54) is 4.68 Å². The predicted octanol–water partition coefficient (Wildman–Crippen LogP) is 2.63. The summed E-state index contributed by atoms with van der Waals surface area (Å²) in [6.45, 7) is 7.33. The second-order valence-electron chi connectivity index (χ2n) is 5.18. The number of aryl methyl sites for hydroxylation is 1. The van der Waals surface area contributed by atoms with Crippen LogP contribution in [0.25, 0.3) is 0 Å². The molecule has 1 heterocycles. The van der Waals surface area contributed by atoms with Crippen molar-refractivity contribution >= 4 is 17.3 Å². The number of unbranched alkanes of at least 4 members (excludes halogenated alkanes) is 1. The minimum atomic E-state index is -0.291. The zero-order chi connectivity index (χ0) is 15.2. The summed E-state index contributed by atoms with van der Waals surface area (Å²) >= 11 is 6.12. The van der Waals surface area contributed by atoms with Crippen LogP contribution in [-0.4, -0.2) is 21.9 Å².